The summed E-state index contributed by atoms with van der Waals surface area (Å²) in [6, 6.07) is 13.3. The number of hydrogen-bond donors (Lipinski definition) is 0. The summed E-state index contributed by atoms with van der Waals surface area (Å²) in [7, 11) is 0. The largest absolute Gasteiger partial charge is 0.335 e. The van der Waals surface area contributed by atoms with Crippen LogP contribution < -0.4 is 5.56 Å². The highest BCUT2D eigenvalue weighted by Gasteiger charge is 2.30. The standard InChI is InChI=1S/C25H24N4O2S2/c1-3-20-18-10-13-32-21(18)9-12-28(20)23(30)15-33-25-27-19-7-5-4-6-17(19)24(31)29(25)22-14-16(2)8-11-26-22/h4-8,10-11,13-14,20H,3,9,12,15H2,1-2H3. The first kappa shape index (κ1) is 21.9. The second kappa shape index (κ2) is 9.11. The predicted molar refractivity (Wildman–Crippen MR) is 133 cm³/mol. The Kier molecular flexibility index (Phi) is 6.03. The number of nitrogens with zero attached hydrogens (tertiary/aromatic N) is 4. The Bertz CT molecular complexity index is 1390. The molecule has 4 heterocycles. The number of hydrogen-bond acceptors (Lipinski definition) is 6. The van der Waals surface area contributed by atoms with Crippen molar-refractivity contribution >= 4 is 39.9 Å². The molecule has 1 atom stereocenters. The van der Waals surface area contributed by atoms with Crippen molar-refractivity contribution < 1.29 is 4.79 Å². The monoisotopic (exact) mass is 476 g/mol. The van der Waals surface area contributed by atoms with Crippen molar-refractivity contribution in [1.29, 1.82) is 0 Å². The van der Waals surface area contributed by atoms with Crippen molar-refractivity contribution in [2.45, 2.75) is 37.9 Å². The number of para-hydroxylation sites is 1. The van der Waals surface area contributed by atoms with Crippen LogP contribution >= 0.6 is 23.1 Å². The summed E-state index contributed by atoms with van der Waals surface area (Å²) >= 11 is 3.07. The molecule has 6 nitrogen and oxygen atoms in total. The van der Waals surface area contributed by atoms with E-state index in [0.29, 0.717) is 21.9 Å². The third-order valence-electron chi connectivity index (χ3n) is 6.00. The van der Waals surface area contributed by atoms with Crippen LogP contribution in [0, 0.1) is 6.92 Å². The van der Waals surface area contributed by atoms with E-state index >= 15 is 0 Å². The number of rotatable bonds is 5. The van der Waals surface area contributed by atoms with E-state index in [1.807, 2.05) is 42.2 Å². The molecule has 8 heteroatoms. The fraction of sp³-hybridized carbons (Fsp3) is 0.280. The molecule has 5 rings (SSSR count). The van der Waals surface area contributed by atoms with Crippen LogP contribution in [0.5, 0.6) is 0 Å². The van der Waals surface area contributed by atoms with Crippen LogP contribution in [0.1, 0.15) is 35.4 Å². The van der Waals surface area contributed by atoms with Crippen molar-refractivity contribution in [3.8, 4) is 5.82 Å². The van der Waals surface area contributed by atoms with Gasteiger partial charge in [0.1, 0.15) is 5.82 Å². The molecule has 0 saturated carbocycles. The fourth-order valence-electron chi connectivity index (χ4n) is 4.40. The van der Waals surface area contributed by atoms with Gasteiger partial charge in [-0.2, -0.15) is 0 Å². The molecule has 1 aliphatic rings. The van der Waals surface area contributed by atoms with Crippen LogP contribution in [0.15, 0.2) is 64.0 Å². The SMILES string of the molecule is CCC1c2ccsc2CCN1C(=O)CSc1nc2ccccc2c(=O)n1-c1cc(C)ccn1. The van der Waals surface area contributed by atoms with Gasteiger partial charge in [-0.05, 0) is 66.6 Å². The highest BCUT2D eigenvalue weighted by molar-refractivity contribution is 7.99. The number of thiophene rings is 1. The van der Waals surface area contributed by atoms with E-state index in [0.717, 1.165) is 24.9 Å². The maximum absolute atomic E-state index is 13.4. The van der Waals surface area contributed by atoms with Crippen LogP contribution in [0.4, 0.5) is 0 Å². The first-order valence-corrected chi connectivity index (χ1v) is 12.9. The lowest BCUT2D eigenvalue weighted by molar-refractivity contribution is -0.131. The maximum atomic E-state index is 13.4. The zero-order valence-electron chi connectivity index (χ0n) is 18.5. The van der Waals surface area contributed by atoms with Gasteiger partial charge < -0.3 is 4.90 Å². The van der Waals surface area contributed by atoms with Crippen LogP contribution in [0.2, 0.25) is 0 Å². The number of amides is 1. The van der Waals surface area contributed by atoms with E-state index < -0.39 is 0 Å². The number of benzene rings is 1. The van der Waals surface area contributed by atoms with E-state index in [2.05, 4.69) is 23.4 Å². The number of carbonyl (C=O) groups excluding carboxylic acids is 1. The smallest absolute Gasteiger partial charge is 0.267 e. The summed E-state index contributed by atoms with van der Waals surface area (Å²) in [6.07, 6.45) is 3.46. The van der Waals surface area contributed by atoms with Crippen molar-refractivity contribution in [2.24, 2.45) is 0 Å². The van der Waals surface area contributed by atoms with Crippen LogP contribution in [-0.4, -0.2) is 37.6 Å². The van der Waals surface area contributed by atoms with Crippen molar-refractivity contribution in [2.75, 3.05) is 12.3 Å². The number of fused-ring (bicyclic) bond motifs is 2. The van der Waals surface area contributed by atoms with Gasteiger partial charge in [-0.1, -0.05) is 30.8 Å². The number of thioether (sulfide) groups is 1. The molecule has 1 aromatic carbocycles. The molecule has 0 aliphatic carbocycles. The topological polar surface area (TPSA) is 68.1 Å². The third kappa shape index (κ3) is 4.09. The molecular formula is C25H24N4O2S2. The minimum absolute atomic E-state index is 0.0647. The van der Waals surface area contributed by atoms with E-state index in [1.165, 1.54) is 26.8 Å². The van der Waals surface area contributed by atoms with Gasteiger partial charge in [-0.15, -0.1) is 11.3 Å². The van der Waals surface area contributed by atoms with Gasteiger partial charge in [0.25, 0.3) is 5.56 Å². The molecule has 0 saturated heterocycles. The molecule has 1 amide bonds. The first-order chi connectivity index (χ1) is 16.1. The lowest BCUT2D eigenvalue weighted by Crippen LogP contribution is -2.40. The fourth-order valence-corrected chi connectivity index (χ4v) is 6.21. The summed E-state index contributed by atoms with van der Waals surface area (Å²) < 4.78 is 1.53. The summed E-state index contributed by atoms with van der Waals surface area (Å²) in [5.74, 6) is 0.794. The van der Waals surface area contributed by atoms with Crippen molar-refractivity contribution in [3.05, 3.63) is 80.4 Å². The molecule has 0 N–H and O–H groups in total. The zero-order valence-corrected chi connectivity index (χ0v) is 20.2. The quantitative estimate of drug-likeness (QED) is 0.306. The minimum Gasteiger partial charge on any atom is -0.335 e. The molecule has 0 radical (unpaired) electrons. The van der Waals surface area contributed by atoms with E-state index in [-0.39, 0.29) is 23.3 Å². The van der Waals surface area contributed by atoms with Crippen LogP contribution in [-0.2, 0) is 11.2 Å². The molecule has 0 fully saturated rings. The summed E-state index contributed by atoms with van der Waals surface area (Å²) in [4.78, 5) is 39.2. The molecule has 3 aromatic heterocycles. The highest BCUT2D eigenvalue weighted by atomic mass is 32.2. The molecule has 4 aromatic rings. The van der Waals surface area contributed by atoms with Gasteiger partial charge in [-0.25, -0.2) is 14.5 Å². The Morgan fingerprint density at radius 3 is 2.91 bits per heavy atom. The average molecular weight is 477 g/mol. The van der Waals surface area contributed by atoms with E-state index in [1.54, 1.807) is 23.6 Å². The summed E-state index contributed by atoms with van der Waals surface area (Å²) in [5, 5.41) is 3.12. The Labute approximate surface area is 200 Å². The van der Waals surface area contributed by atoms with Crippen molar-refractivity contribution in [3.63, 3.8) is 0 Å². The predicted octanol–water partition coefficient (Wildman–Crippen LogP) is 4.78. The molecular weight excluding hydrogens is 452 g/mol. The molecule has 1 unspecified atom stereocenters. The Morgan fingerprint density at radius 1 is 1.24 bits per heavy atom. The number of pyridine rings is 1. The van der Waals surface area contributed by atoms with Gasteiger partial charge >= 0.3 is 0 Å². The molecule has 33 heavy (non-hydrogen) atoms. The van der Waals surface area contributed by atoms with Gasteiger partial charge in [0.15, 0.2) is 5.16 Å². The molecule has 168 valence electrons. The Balaban J connectivity index is 1.48. The van der Waals surface area contributed by atoms with Crippen LogP contribution in [0.3, 0.4) is 0 Å². The Morgan fingerprint density at radius 2 is 2.09 bits per heavy atom. The molecule has 0 spiro atoms. The molecule has 1 aliphatic heterocycles. The number of aromatic nitrogens is 3. The van der Waals surface area contributed by atoms with Gasteiger partial charge in [0.05, 0.1) is 22.7 Å². The lowest BCUT2D eigenvalue weighted by atomic mass is 9.98. The van der Waals surface area contributed by atoms with Crippen LogP contribution in [0.25, 0.3) is 16.7 Å². The second-order valence-electron chi connectivity index (χ2n) is 8.09. The lowest BCUT2D eigenvalue weighted by Gasteiger charge is -2.35. The zero-order chi connectivity index (χ0) is 22.9. The van der Waals surface area contributed by atoms with Gasteiger partial charge in [0, 0.05) is 17.6 Å². The van der Waals surface area contributed by atoms with Gasteiger partial charge in [0.2, 0.25) is 5.91 Å². The number of carbonyl (C=O) groups is 1. The van der Waals surface area contributed by atoms with E-state index in [9.17, 15) is 9.59 Å². The Hall–Kier alpha value is -2.97. The minimum atomic E-state index is -0.180. The van der Waals surface area contributed by atoms with E-state index in [4.69, 9.17) is 4.98 Å². The maximum Gasteiger partial charge on any atom is 0.267 e. The van der Waals surface area contributed by atoms with Crippen molar-refractivity contribution in [1.82, 2.24) is 19.4 Å². The summed E-state index contributed by atoms with van der Waals surface area (Å²) in [6.45, 7) is 4.81. The normalized spacial score (nSPS) is 15.6. The summed E-state index contributed by atoms with van der Waals surface area (Å²) in [5.41, 5.74) is 2.71. The number of aryl methyl sites for hydroxylation is 1. The highest BCUT2D eigenvalue weighted by Crippen LogP contribution is 2.35. The second-order valence-corrected chi connectivity index (χ2v) is 10.0. The average Bonchev–Trinajstić information content (AvgIpc) is 3.31. The van der Waals surface area contributed by atoms with Gasteiger partial charge in [-0.3, -0.25) is 9.59 Å². The third-order valence-corrected chi connectivity index (χ3v) is 7.92. The first-order valence-electron chi connectivity index (χ1n) is 11.0. The molecule has 0 bridgehead atoms.